The fourth-order valence-electron chi connectivity index (χ4n) is 3.11. The van der Waals surface area contributed by atoms with Crippen LogP contribution in [0.5, 0.6) is 0 Å². The van der Waals surface area contributed by atoms with Gasteiger partial charge in [0.25, 0.3) is 15.9 Å². The summed E-state index contributed by atoms with van der Waals surface area (Å²) < 4.78 is 27.2. The van der Waals surface area contributed by atoms with E-state index in [2.05, 4.69) is 15.0 Å². The van der Waals surface area contributed by atoms with E-state index in [1.54, 1.807) is 41.8 Å². The number of nitrogens with one attached hydrogen (secondary N) is 2. The number of halogens is 1. The van der Waals surface area contributed by atoms with Crippen molar-refractivity contribution in [3.05, 3.63) is 70.7 Å². The van der Waals surface area contributed by atoms with Crippen molar-refractivity contribution in [2.75, 3.05) is 10.0 Å². The Balaban J connectivity index is 1.41. The summed E-state index contributed by atoms with van der Waals surface area (Å²) in [6.07, 6.45) is 1.53. The minimum Gasteiger partial charge on any atom is -0.373 e. The molecule has 4 rings (SSSR count). The molecule has 1 fully saturated rings. The molecular weight excluding hydrogens is 460 g/mol. The topological polar surface area (TPSA) is 108 Å². The van der Waals surface area contributed by atoms with E-state index < -0.39 is 16.1 Å². The Morgan fingerprint density at radius 1 is 1.10 bits per heavy atom. The molecule has 0 aliphatic carbocycles. The van der Waals surface area contributed by atoms with E-state index >= 15 is 0 Å². The number of nitrogens with zero attached hydrogens (tertiary/aromatic N) is 2. The fraction of sp³-hybridized carbons (Fsp3) is 0.150. The van der Waals surface area contributed by atoms with Crippen LogP contribution in [-0.4, -0.2) is 36.2 Å². The van der Waals surface area contributed by atoms with Crippen molar-refractivity contribution in [2.45, 2.75) is 23.9 Å². The highest BCUT2D eigenvalue weighted by Crippen LogP contribution is 2.23. The lowest BCUT2D eigenvalue weighted by Gasteiger charge is -2.16. The van der Waals surface area contributed by atoms with Gasteiger partial charge in [0.1, 0.15) is 6.04 Å². The quantitative estimate of drug-likeness (QED) is 0.506. The van der Waals surface area contributed by atoms with Gasteiger partial charge in [0.15, 0.2) is 5.13 Å². The first-order valence-corrected chi connectivity index (χ1v) is 11.9. The van der Waals surface area contributed by atoms with E-state index in [1.807, 2.05) is 0 Å². The molecule has 2 aromatic carbocycles. The van der Waals surface area contributed by atoms with Crippen LogP contribution >= 0.6 is 22.9 Å². The van der Waals surface area contributed by atoms with Gasteiger partial charge in [0, 0.05) is 22.3 Å². The van der Waals surface area contributed by atoms with E-state index in [0.717, 1.165) is 5.56 Å². The highest BCUT2D eigenvalue weighted by Gasteiger charge is 2.38. The van der Waals surface area contributed by atoms with Gasteiger partial charge >= 0.3 is 0 Å². The fourth-order valence-corrected chi connectivity index (χ4v) is 5.03. The zero-order chi connectivity index (χ0) is 22.0. The van der Waals surface area contributed by atoms with Crippen LogP contribution in [0.15, 0.2) is 65.0 Å². The number of carbonyl (C=O) groups is 2. The molecule has 2 amide bonds. The van der Waals surface area contributed by atoms with Crippen molar-refractivity contribution in [3.63, 3.8) is 0 Å². The Bertz CT molecular complexity index is 1200. The molecular formula is C20H17ClN4O4S2. The number of hydrogen-bond acceptors (Lipinski definition) is 7. The molecule has 2 N–H and O–H groups in total. The number of carbonyl (C=O) groups excluding carboxylic acids is 2. The first kappa shape index (κ1) is 21.3. The number of rotatable bonds is 7. The van der Waals surface area contributed by atoms with Crippen molar-refractivity contribution in [2.24, 2.45) is 0 Å². The highest BCUT2D eigenvalue weighted by atomic mass is 35.5. The van der Waals surface area contributed by atoms with Gasteiger partial charge in [-0.3, -0.25) is 19.2 Å². The highest BCUT2D eigenvalue weighted by molar-refractivity contribution is 7.93. The van der Waals surface area contributed by atoms with Crippen LogP contribution in [0.1, 0.15) is 12.0 Å². The van der Waals surface area contributed by atoms with Gasteiger partial charge in [-0.2, -0.15) is 0 Å². The summed E-state index contributed by atoms with van der Waals surface area (Å²) >= 11 is 7.05. The number of likely N-dealkylation sites (tertiary alicyclic amines) is 1. The summed E-state index contributed by atoms with van der Waals surface area (Å²) in [5.41, 5.74) is 1.33. The van der Waals surface area contributed by atoms with Gasteiger partial charge in [0.2, 0.25) is 5.91 Å². The largest absolute Gasteiger partial charge is 0.373 e. The van der Waals surface area contributed by atoms with E-state index in [0.29, 0.717) is 10.7 Å². The Labute approximate surface area is 187 Å². The molecule has 1 aliphatic rings. The predicted octanol–water partition coefficient (Wildman–Crippen LogP) is 3.34. The van der Waals surface area contributed by atoms with Gasteiger partial charge < -0.3 is 5.32 Å². The molecule has 11 heteroatoms. The molecule has 0 unspecified atom stereocenters. The third kappa shape index (κ3) is 4.87. The van der Waals surface area contributed by atoms with Crippen LogP contribution in [0, 0.1) is 0 Å². The van der Waals surface area contributed by atoms with Gasteiger partial charge in [-0.1, -0.05) is 23.7 Å². The minimum atomic E-state index is -3.76. The average molecular weight is 477 g/mol. The zero-order valence-corrected chi connectivity index (χ0v) is 18.4. The van der Waals surface area contributed by atoms with E-state index in [-0.39, 0.29) is 34.8 Å². The smallest absolute Gasteiger partial charge is 0.263 e. The van der Waals surface area contributed by atoms with Crippen LogP contribution in [0.3, 0.4) is 0 Å². The van der Waals surface area contributed by atoms with E-state index in [4.69, 9.17) is 11.6 Å². The van der Waals surface area contributed by atoms with E-state index in [9.17, 15) is 18.0 Å². The summed E-state index contributed by atoms with van der Waals surface area (Å²) in [6.45, 7) is 0.173. The maximum Gasteiger partial charge on any atom is 0.263 e. The zero-order valence-electron chi connectivity index (χ0n) is 16.0. The lowest BCUT2D eigenvalue weighted by atomic mass is 10.2. The van der Waals surface area contributed by atoms with Crippen LogP contribution in [-0.2, 0) is 26.2 Å². The molecule has 1 aromatic heterocycles. The van der Waals surface area contributed by atoms with Gasteiger partial charge in [0.05, 0.1) is 17.9 Å². The van der Waals surface area contributed by atoms with Crippen LogP contribution in [0.25, 0.3) is 0 Å². The molecule has 0 saturated carbocycles. The number of aromatic nitrogens is 1. The molecule has 8 nitrogen and oxygen atoms in total. The SMILES string of the molecule is O=C1C[C@@H](Nc2ccc(S(=O)(=O)Nc3nccs3)cc2)C(=O)N1Cc1ccc(Cl)cc1. The summed E-state index contributed by atoms with van der Waals surface area (Å²) in [7, 11) is -3.76. The Hall–Kier alpha value is -2.95. The van der Waals surface area contributed by atoms with Crippen molar-refractivity contribution < 1.29 is 18.0 Å². The monoisotopic (exact) mass is 476 g/mol. The Morgan fingerprint density at radius 3 is 2.45 bits per heavy atom. The Kier molecular flexibility index (Phi) is 5.94. The molecule has 0 radical (unpaired) electrons. The molecule has 0 bridgehead atoms. The maximum absolute atomic E-state index is 12.7. The Morgan fingerprint density at radius 2 is 1.81 bits per heavy atom. The summed E-state index contributed by atoms with van der Waals surface area (Å²) in [4.78, 5) is 30.2. The molecule has 1 aliphatic heterocycles. The normalized spacial score (nSPS) is 16.5. The van der Waals surface area contributed by atoms with Crippen LogP contribution < -0.4 is 10.0 Å². The molecule has 2 heterocycles. The van der Waals surface area contributed by atoms with Crippen LogP contribution in [0.2, 0.25) is 5.02 Å². The maximum atomic E-state index is 12.7. The molecule has 0 spiro atoms. The lowest BCUT2D eigenvalue weighted by Crippen LogP contribution is -2.34. The summed E-state index contributed by atoms with van der Waals surface area (Å²) in [6, 6.07) is 12.2. The van der Waals surface area contributed by atoms with Gasteiger partial charge in [-0.15, -0.1) is 11.3 Å². The standard InChI is InChI=1S/C20H17ClN4O4S2/c21-14-3-1-13(2-4-14)12-25-18(26)11-17(19(25)27)23-15-5-7-16(8-6-15)31(28,29)24-20-22-9-10-30-20/h1-10,17,23H,11-12H2,(H,22,24)/t17-/m1/s1. The van der Waals surface area contributed by atoms with E-state index in [1.165, 1.54) is 34.6 Å². The van der Waals surface area contributed by atoms with Crippen molar-refractivity contribution >= 4 is 55.6 Å². The lowest BCUT2D eigenvalue weighted by molar-refractivity contribution is -0.139. The second-order valence-corrected chi connectivity index (χ2v) is 9.83. The molecule has 160 valence electrons. The average Bonchev–Trinajstić information content (AvgIpc) is 3.33. The third-order valence-electron chi connectivity index (χ3n) is 4.66. The molecule has 1 atom stereocenters. The molecule has 3 aromatic rings. The first-order valence-electron chi connectivity index (χ1n) is 9.19. The van der Waals surface area contributed by atoms with Crippen molar-refractivity contribution in [3.8, 4) is 0 Å². The summed E-state index contributed by atoms with van der Waals surface area (Å²) in [5, 5.41) is 5.53. The summed E-state index contributed by atoms with van der Waals surface area (Å²) in [5.74, 6) is -0.605. The van der Waals surface area contributed by atoms with Crippen LogP contribution in [0.4, 0.5) is 10.8 Å². The number of benzene rings is 2. The third-order valence-corrected chi connectivity index (χ3v) is 7.08. The predicted molar refractivity (Wildman–Crippen MR) is 118 cm³/mol. The van der Waals surface area contributed by atoms with Gasteiger partial charge in [-0.05, 0) is 42.0 Å². The van der Waals surface area contributed by atoms with Crippen molar-refractivity contribution in [1.82, 2.24) is 9.88 Å². The molecule has 31 heavy (non-hydrogen) atoms. The first-order chi connectivity index (χ1) is 14.8. The second kappa shape index (κ2) is 8.66. The number of amides is 2. The number of anilines is 2. The van der Waals surface area contributed by atoms with Crippen molar-refractivity contribution in [1.29, 1.82) is 0 Å². The number of hydrogen-bond donors (Lipinski definition) is 2. The number of imide groups is 1. The minimum absolute atomic E-state index is 0.0259. The second-order valence-electron chi connectivity index (χ2n) is 6.81. The number of thiazole rings is 1. The van der Waals surface area contributed by atoms with Gasteiger partial charge in [-0.25, -0.2) is 13.4 Å². The number of sulfonamides is 1. The molecule has 1 saturated heterocycles.